The van der Waals surface area contributed by atoms with Gasteiger partial charge in [0.2, 0.25) is 0 Å². The Morgan fingerprint density at radius 1 is 1.16 bits per heavy atom. The molecule has 5 nitrogen and oxygen atoms in total. The van der Waals surface area contributed by atoms with Gasteiger partial charge in [-0.3, -0.25) is 0 Å². The first-order valence-electron chi connectivity index (χ1n) is 8.33. The molecule has 0 N–H and O–H groups in total. The second kappa shape index (κ2) is 7.80. The van der Waals surface area contributed by atoms with Crippen LogP contribution in [0.25, 0.3) is 0 Å². The van der Waals surface area contributed by atoms with E-state index in [1.54, 1.807) is 12.1 Å². The normalized spacial score (nSPS) is 16.9. The molecule has 0 spiro atoms. The van der Waals surface area contributed by atoms with E-state index in [1.807, 2.05) is 0 Å². The van der Waals surface area contributed by atoms with E-state index in [-0.39, 0.29) is 11.2 Å². The third kappa shape index (κ3) is 4.90. The van der Waals surface area contributed by atoms with Crippen molar-refractivity contribution in [3.8, 4) is 5.75 Å². The van der Waals surface area contributed by atoms with Gasteiger partial charge in [0.25, 0.3) is 0 Å². The van der Waals surface area contributed by atoms with Gasteiger partial charge >= 0.3 is 11.9 Å². The smallest absolute Gasteiger partial charge is 0.338 e. The van der Waals surface area contributed by atoms with Crippen LogP contribution < -0.4 is 9.84 Å². The number of carbonyl (C=O) groups is 2. The first-order valence-corrected chi connectivity index (χ1v) is 8.33. The van der Waals surface area contributed by atoms with Crippen LogP contribution in [0.15, 0.2) is 24.3 Å². The minimum Gasteiger partial charge on any atom is -0.544 e. The molecular formula is C18H21F2O5-. The number of alkyl halides is 2. The lowest BCUT2D eigenvalue weighted by Crippen LogP contribution is -2.45. The lowest BCUT2D eigenvalue weighted by molar-refractivity contribution is -0.331. The summed E-state index contributed by atoms with van der Waals surface area (Å²) in [5, 5.41) is 10.2. The first kappa shape index (κ1) is 19.1. The number of carboxylic acid groups (broad SMARTS) is 1. The second-order valence-corrected chi connectivity index (χ2v) is 6.29. The summed E-state index contributed by atoms with van der Waals surface area (Å²) in [7, 11) is 0. The molecule has 0 amide bonds. The molecule has 0 unspecified atom stereocenters. The number of esters is 1. The van der Waals surface area contributed by atoms with Gasteiger partial charge in [-0.1, -0.05) is 13.3 Å². The number of hydrogen-bond donors (Lipinski definition) is 0. The molecule has 0 bridgehead atoms. The van der Waals surface area contributed by atoms with Gasteiger partial charge in [-0.2, -0.15) is 8.78 Å². The quantitative estimate of drug-likeness (QED) is 0.703. The van der Waals surface area contributed by atoms with Crippen LogP contribution in [0.5, 0.6) is 5.75 Å². The maximum absolute atomic E-state index is 12.9. The molecule has 1 aromatic carbocycles. The standard InChI is InChI=1S/C18H22F2O5/c1-2-17(10-4-3-5-11-17)25-14-8-6-13(7-9-14)15(21)24-12-18(19,20)16(22)23/h6-9H,2-5,10-12H2,1H3,(H,22,23)/p-1. The van der Waals surface area contributed by atoms with Crippen molar-refractivity contribution < 1.29 is 33.0 Å². The molecule has 1 aliphatic rings. The Morgan fingerprint density at radius 3 is 2.28 bits per heavy atom. The first-order chi connectivity index (χ1) is 11.8. The van der Waals surface area contributed by atoms with Gasteiger partial charge in [-0.15, -0.1) is 0 Å². The fourth-order valence-electron chi connectivity index (χ4n) is 2.93. The predicted molar refractivity (Wildman–Crippen MR) is 83.4 cm³/mol. The van der Waals surface area contributed by atoms with Crippen molar-refractivity contribution in [3.63, 3.8) is 0 Å². The van der Waals surface area contributed by atoms with E-state index in [0.29, 0.717) is 5.75 Å². The number of hydrogen-bond acceptors (Lipinski definition) is 5. The predicted octanol–water partition coefficient (Wildman–Crippen LogP) is 2.72. The largest absolute Gasteiger partial charge is 0.544 e. The molecule has 1 aliphatic carbocycles. The molecular weight excluding hydrogens is 334 g/mol. The summed E-state index contributed by atoms with van der Waals surface area (Å²) in [5.41, 5.74) is -0.160. The van der Waals surface area contributed by atoms with Crippen molar-refractivity contribution >= 4 is 11.9 Å². The number of benzene rings is 1. The summed E-state index contributed by atoms with van der Waals surface area (Å²) < 4.78 is 36.2. The Labute approximate surface area is 144 Å². The van der Waals surface area contributed by atoms with E-state index >= 15 is 0 Å². The van der Waals surface area contributed by atoms with Crippen LogP contribution in [-0.2, 0) is 9.53 Å². The van der Waals surface area contributed by atoms with Crippen molar-refractivity contribution in [1.29, 1.82) is 0 Å². The van der Waals surface area contributed by atoms with Gasteiger partial charge in [0.05, 0.1) is 5.56 Å². The number of ether oxygens (including phenoxy) is 2. The van der Waals surface area contributed by atoms with Crippen molar-refractivity contribution in [2.75, 3.05) is 6.61 Å². The second-order valence-electron chi connectivity index (χ2n) is 6.29. The Hall–Kier alpha value is -2.18. The Balaban J connectivity index is 1.97. The average molecular weight is 355 g/mol. The van der Waals surface area contributed by atoms with Gasteiger partial charge in [0.1, 0.15) is 17.3 Å². The van der Waals surface area contributed by atoms with Crippen LogP contribution in [0.3, 0.4) is 0 Å². The molecule has 0 radical (unpaired) electrons. The van der Waals surface area contributed by atoms with Crippen LogP contribution in [0.4, 0.5) is 8.78 Å². The van der Waals surface area contributed by atoms with Crippen molar-refractivity contribution in [3.05, 3.63) is 29.8 Å². The average Bonchev–Trinajstić information content (AvgIpc) is 2.61. The van der Waals surface area contributed by atoms with E-state index in [2.05, 4.69) is 11.7 Å². The summed E-state index contributed by atoms with van der Waals surface area (Å²) in [5.74, 6) is -7.23. The van der Waals surface area contributed by atoms with E-state index in [0.717, 1.165) is 32.1 Å². The zero-order chi connectivity index (χ0) is 18.5. The number of aliphatic carboxylic acids is 1. The zero-order valence-corrected chi connectivity index (χ0v) is 14.1. The third-order valence-electron chi connectivity index (χ3n) is 4.52. The molecule has 1 fully saturated rings. The molecule has 0 aromatic heterocycles. The highest BCUT2D eigenvalue weighted by Gasteiger charge is 2.34. The molecule has 7 heteroatoms. The fraction of sp³-hybridized carbons (Fsp3) is 0.556. The molecule has 0 saturated heterocycles. The lowest BCUT2D eigenvalue weighted by atomic mass is 9.82. The summed E-state index contributed by atoms with van der Waals surface area (Å²) in [4.78, 5) is 21.9. The fourth-order valence-corrected chi connectivity index (χ4v) is 2.93. The van der Waals surface area contributed by atoms with Crippen molar-refractivity contribution in [1.82, 2.24) is 0 Å². The summed E-state index contributed by atoms with van der Waals surface area (Å²) in [6, 6.07) is 5.97. The molecule has 25 heavy (non-hydrogen) atoms. The van der Waals surface area contributed by atoms with Crippen LogP contribution in [-0.4, -0.2) is 30.1 Å². The minimum atomic E-state index is -4.22. The lowest BCUT2D eigenvalue weighted by Gasteiger charge is -2.37. The van der Waals surface area contributed by atoms with E-state index < -0.39 is 24.5 Å². The summed E-state index contributed by atoms with van der Waals surface area (Å²) >= 11 is 0. The van der Waals surface area contributed by atoms with E-state index in [1.165, 1.54) is 18.6 Å². The highest BCUT2D eigenvalue weighted by Crippen LogP contribution is 2.35. The summed E-state index contributed by atoms with van der Waals surface area (Å²) in [6.07, 6.45) is 6.27. The van der Waals surface area contributed by atoms with E-state index in [9.17, 15) is 23.5 Å². The molecule has 138 valence electrons. The van der Waals surface area contributed by atoms with Gasteiger partial charge in [-0.05, 0) is 56.4 Å². The van der Waals surface area contributed by atoms with Crippen LogP contribution in [0.1, 0.15) is 55.8 Å². The maximum atomic E-state index is 12.9. The molecule has 0 heterocycles. The number of carboxylic acids is 1. The highest BCUT2D eigenvalue weighted by atomic mass is 19.3. The number of carbonyl (C=O) groups excluding carboxylic acids is 2. The third-order valence-corrected chi connectivity index (χ3v) is 4.52. The van der Waals surface area contributed by atoms with Gasteiger partial charge < -0.3 is 19.4 Å². The SMILES string of the molecule is CCC1(Oc2ccc(C(=O)OCC(F)(F)C(=O)[O-])cc2)CCCCC1. The van der Waals surface area contributed by atoms with Gasteiger partial charge in [-0.25, -0.2) is 4.79 Å². The van der Waals surface area contributed by atoms with Crippen molar-refractivity contribution in [2.24, 2.45) is 0 Å². The summed E-state index contributed by atoms with van der Waals surface area (Å²) in [6.45, 7) is 0.514. The zero-order valence-electron chi connectivity index (χ0n) is 14.1. The van der Waals surface area contributed by atoms with Crippen molar-refractivity contribution in [2.45, 2.75) is 57.0 Å². The molecule has 1 saturated carbocycles. The minimum absolute atomic E-state index is 0.0377. The molecule has 2 rings (SSSR count). The van der Waals surface area contributed by atoms with Crippen LogP contribution >= 0.6 is 0 Å². The highest BCUT2D eigenvalue weighted by molar-refractivity contribution is 5.89. The van der Waals surface area contributed by atoms with Crippen LogP contribution in [0, 0.1) is 0 Å². The Morgan fingerprint density at radius 2 is 1.76 bits per heavy atom. The number of rotatable bonds is 7. The van der Waals surface area contributed by atoms with Gasteiger partial charge in [0.15, 0.2) is 6.61 Å². The molecule has 1 aromatic rings. The monoisotopic (exact) mass is 355 g/mol. The number of halogens is 2. The Kier molecular flexibility index (Phi) is 5.98. The molecule has 0 aliphatic heterocycles. The Bertz CT molecular complexity index is 606. The topological polar surface area (TPSA) is 75.7 Å². The molecule has 0 atom stereocenters. The van der Waals surface area contributed by atoms with Gasteiger partial charge in [0, 0.05) is 0 Å². The van der Waals surface area contributed by atoms with Crippen LogP contribution in [0.2, 0.25) is 0 Å². The van der Waals surface area contributed by atoms with E-state index in [4.69, 9.17) is 4.74 Å². The maximum Gasteiger partial charge on any atom is 0.338 e.